The van der Waals surface area contributed by atoms with E-state index in [4.69, 9.17) is 0 Å². The molecule has 2 rings (SSSR count). The average Bonchev–Trinajstić information content (AvgIpc) is 2.45. The van der Waals surface area contributed by atoms with Crippen LogP contribution in [0, 0.1) is 11.8 Å². The molecule has 0 aromatic rings. The average molecular weight is 280 g/mol. The molecule has 0 bridgehead atoms. The van der Waals surface area contributed by atoms with Crippen LogP contribution in [0.25, 0.3) is 0 Å². The quantitative estimate of drug-likeness (QED) is 0.830. The summed E-state index contributed by atoms with van der Waals surface area (Å²) in [7, 11) is 2.02. The van der Waals surface area contributed by atoms with Crippen LogP contribution in [0.1, 0.15) is 71.6 Å². The van der Waals surface area contributed by atoms with Crippen LogP contribution in [-0.2, 0) is 4.79 Å². The number of rotatable bonds is 4. The van der Waals surface area contributed by atoms with E-state index in [0.717, 1.165) is 25.2 Å². The largest absolute Gasteiger partial charge is 0.353 e. The van der Waals surface area contributed by atoms with Crippen molar-refractivity contribution in [2.75, 3.05) is 7.05 Å². The van der Waals surface area contributed by atoms with Gasteiger partial charge in [0.25, 0.3) is 0 Å². The third-order valence-electron chi connectivity index (χ3n) is 5.89. The highest BCUT2D eigenvalue weighted by Crippen LogP contribution is 2.32. The summed E-state index contributed by atoms with van der Waals surface area (Å²) < 4.78 is 0. The minimum atomic E-state index is 0.0614. The Morgan fingerprint density at radius 2 is 1.80 bits per heavy atom. The molecule has 0 saturated heterocycles. The van der Waals surface area contributed by atoms with E-state index in [-0.39, 0.29) is 11.4 Å². The SMILES string of the molecule is CNC1(CC(=O)NC2CCCC(C)C2C)CCCCC1. The molecule has 0 heterocycles. The third kappa shape index (κ3) is 3.75. The molecular weight excluding hydrogens is 248 g/mol. The van der Waals surface area contributed by atoms with Crippen molar-refractivity contribution in [3.05, 3.63) is 0 Å². The van der Waals surface area contributed by atoms with Crippen LogP contribution >= 0.6 is 0 Å². The number of carbonyl (C=O) groups excluding carboxylic acids is 1. The molecule has 2 saturated carbocycles. The van der Waals surface area contributed by atoms with Crippen LogP contribution in [0.4, 0.5) is 0 Å². The molecule has 2 N–H and O–H groups in total. The van der Waals surface area contributed by atoms with Crippen LogP contribution in [0.3, 0.4) is 0 Å². The summed E-state index contributed by atoms with van der Waals surface area (Å²) >= 11 is 0. The Morgan fingerprint density at radius 3 is 2.45 bits per heavy atom. The molecule has 1 amide bonds. The molecule has 3 heteroatoms. The van der Waals surface area contributed by atoms with Crippen LogP contribution in [0.5, 0.6) is 0 Å². The van der Waals surface area contributed by atoms with Gasteiger partial charge in [0, 0.05) is 18.0 Å². The van der Waals surface area contributed by atoms with E-state index in [1.165, 1.54) is 32.1 Å². The van der Waals surface area contributed by atoms with Gasteiger partial charge in [-0.25, -0.2) is 0 Å². The molecule has 2 aliphatic carbocycles. The van der Waals surface area contributed by atoms with Crippen molar-refractivity contribution in [2.45, 2.75) is 83.2 Å². The van der Waals surface area contributed by atoms with Gasteiger partial charge in [-0.3, -0.25) is 4.79 Å². The highest BCUT2D eigenvalue weighted by Gasteiger charge is 2.34. The van der Waals surface area contributed by atoms with Gasteiger partial charge in [-0.05, 0) is 38.1 Å². The Labute approximate surface area is 124 Å². The summed E-state index contributed by atoms with van der Waals surface area (Å²) in [6.07, 6.45) is 10.5. The third-order valence-corrected chi connectivity index (χ3v) is 5.89. The molecule has 20 heavy (non-hydrogen) atoms. The zero-order valence-electron chi connectivity index (χ0n) is 13.5. The summed E-state index contributed by atoms with van der Waals surface area (Å²) in [4.78, 5) is 12.4. The van der Waals surface area contributed by atoms with Crippen molar-refractivity contribution in [2.24, 2.45) is 11.8 Å². The number of hydrogen-bond donors (Lipinski definition) is 2. The summed E-state index contributed by atoms with van der Waals surface area (Å²) in [5.41, 5.74) is 0.0614. The minimum absolute atomic E-state index is 0.0614. The number of amides is 1. The molecule has 2 aliphatic rings. The van der Waals surface area contributed by atoms with Crippen LogP contribution in [0.2, 0.25) is 0 Å². The molecule has 0 spiro atoms. The lowest BCUT2D eigenvalue weighted by Crippen LogP contribution is -2.51. The molecule has 2 fully saturated rings. The van der Waals surface area contributed by atoms with Crippen LogP contribution in [0.15, 0.2) is 0 Å². The Morgan fingerprint density at radius 1 is 1.10 bits per heavy atom. The van der Waals surface area contributed by atoms with E-state index in [2.05, 4.69) is 24.5 Å². The number of hydrogen-bond acceptors (Lipinski definition) is 2. The van der Waals surface area contributed by atoms with E-state index in [0.29, 0.717) is 18.4 Å². The van der Waals surface area contributed by atoms with Crippen molar-refractivity contribution in [1.29, 1.82) is 0 Å². The molecule has 3 unspecified atom stereocenters. The second kappa shape index (κ2) is 6.93. The summed E-state index contributed by atoms with van der Waals surface area (Å²) in [6, 6.07) is 0.392. The predicted molar refractivity (Wildman–Crippen MR) is 83.6 cm³/mol. The lowest BCUT2D eigenvalue weighted by molar-refractivity contribution is -0.124. The highest BCUT2D eigenvalue weighted by atomic mass is 16.1. The van der Waals surface area contributed by atoms with Crippen molar-refractivity contribution in [3.8, 4) is 0 Å². The zero-order valence-corrected chi connectivity index (χ0v) is 13.5. The molecule has 116 valence electrons. The first-order valence-electron chi connectivity index (χ1n) is 8.54. The van der Waals surface area contributed by atoms with E-state index in [1.54, 1.807) is 0 Å². The van der Waals surface area contributed by atoms with Gasteiger partial charge >= 0.3 is 0 Å². The van der Waals surface area contributed by atoms with Gasteiger partial charge in [-0.1, -0.05) is 46.0 Å². The predicted octanol–water partition coefficient (Wildman–Crippen LogP) is 3.24. The normalized spacial score (nSPS) is 33.6. The van der Waals surface area contributed by atoms with Gasteiger partial charge in [0.1, 0.15) is 0 Å². The maximum Gasteiger partial charge on any atom is 0.222 e. The Kier molecular flexibility index (Phi) is 5.48. The smallest absolute Gasteiger partial charge is 0.222 e. The first-order valence-corrected chi connectivity index (χ1v) is 8.54. The van der Waals surface area contributed by atoms with E-state index < -0.39 is 0 Å². The summed E-state index contributed by atoms with van der Waals surface area (Å²) in [5, 5.41) is 6.77. The monoisotopic (exact) mass is 280 g/mol. The maximum atomic E-state index is 12.4. The van der Waals surface area contributed by atoms with Gasteiger partial charge < -0.3 is 10.6 Å². The second-order valence-electron chi connectivity index (χ2n) is 7.21. The topological polar surface area (TPSA) is 41.1 Å². The second-order valence-corrected chi connectivity index (χ2v) is 7.21. The Bertz CT molecular complexity index is 323. The fourth-order valence-corrected chi connectivity index (χ4v) is 4.09. The summed E-state index contributed by atoms with van der Waals surface area (Å²) in [5.74, 6) is 1.61. The summed E-state index contributed by atoms with van der Waals surface area (Å²) in [6.45, 7) is 4.61. The molecule has 3 atom stereocenters. The standard InChI is InChI=1S/C17H32N2O/c1-13-8-7-9-15(14(13)2)19-16(20)12-17(18-3)10-5-4-6-11-17/h13-15,18H,4-12H2,1-3H3,(H,19,20). The van der Waals surface area contributed by atoms with Crippen molar-refractivity contribution < 1.29 is 4.79 Å². The van der Waals surface area contributed by atoms with Crippen molar-refractivity contribution in [3.63, 3.8) is 0 Å². The van der Waals surface area contributed by atoms with Crippen molar-refractivity contribution >= 4 is 5.91 Å². The lowest BCUT2D eigenvalue weighted by atomic mass is 9.77. The number of carbonyl (C=O) groups is 1. The molecule has 0 aromatic heterocycles. The molecule has 0 aliphatic heterocycles. The highest BCUT2D eigenvalue weighted by molar-refractivity contribution is 5.77. The van der Waals surface area contributed by atoms with E-state index in [1.807, 2.05) is 7.05 Å². The lowest BCUT2D eigenvalue weighted by Gasteiger charge is -2.39. The van der Waals surface area contributed by atoms with E-state index >= 15 is 0 Å². The first-order chi connectivity index (χ1) is 9.56. The minimum Gasteiger partial charge on any atom is -0.353 e. The zero-order chi connectivity index (χ0) is 14.6. The maximum absolute atomic E-state index is 12.4. The van der Waals surface area contributed by atoms with Crippen LogP contribution in [-0.4, -0.2) is 24.5 Å². The first kappa shape index (κ1) is 15.8. The van der Waals surface area contributed by atoms with Gasteiger partial charge in [0.15, 0.2) is 0 Å². The molecule has 0 radical (unpaired) electrons. The fraction of sp³-hybridized carbons (Fsp3) is 0.941. The molecule has 0 aromatic carbocycles. The van der Waals surface area contributed by atoms with Gasteiger partial charge in [-0.15, -0.1) is 0 Å². The fourth-order valence-electron chi connectivity index (χ4n) is 4.09. The Balaban J connectivity index is 1.87. The van der Waals surface area contributed by atoms with Crippen LogP contribution < -0.4 is 10.6 Å². The van der Waals surface area contributed by atoms with Gasteiger partial charge in [-0.2, -0.15) is 0 Å². The molecule has 3 nitrogen and oxygen atoms in total. The Hall–Kier alpha value is -0.570. The molecular formula is C17H32N2O. The van der Waals surface area contributed by atoms with Gasteiger partial charge in [0.2, 0.25) is 5.91 Å². The van der Waals surface area contributed by atoms with Crippen molar-refractivity contribution in [1.82, 2.24) is 10.6 Å². The van der Waals surface area contributed by atoms with E-state index in [9.17, 15) is 4.79 Å². The van der Waals surface area contributed by atoms with Gasteiger partial charge in [0.05, 0.1) is 0 Å². The number of nitrogens with one attached hydrogen (secondary N) is 2.